The third-order valence-corrected chi connectivity index (χ3v) is 1.40. The largest absolute Gasteiger partial charge is 0.492 e. The predicted octanol–water partition coefficient (Wildman–Crippen LogP) is 1.65. The number of amides is 1. The first kappa shape index (κ1) is 8.59. The Bertz CT molecular complexity index is 260. The van der Waals surface area contributed by atoms with Crippen LogP contribution in [0.1, 0.15) is 6.92 Å². The molecule has 3 heteroatoms. The zero-order valence-electron chi connectivity index (χ0n) is 6.91. The summed E-state index contributed by atoms with van der Waals surface area (Å²) in [7, 11) is 0. The van der Waals surface area contributed by atoms with Gasteiger partial charge in [-0.1, -0.05) is 12.1 Å². The van der Waals surface area contributed by atoms with Crippen LogP contribution in [0, 0.1) is 0 Å². The zero-order chi connectivity index (χ0) is 8.81. The molecule has 0 spiro atoms. The van der Waals surface area contributed by atoms with Gasteiger partial charge >= 0.3 is 0 Å². The Morgan fingerprint density at radius 3 is 2.92 bits per heavy atom. The van der Waals surface area contributed by atoms with E-state index in [9.17, 15) is 4.79 Å². The molecule has 0 atom stereocenters. The first-order valence-corrected chi connectivity index (χ1v) is 3.80. The van der Waals surface area contributed by atoms with E-state index in [0.29, 0.717) is 24.5 Å². The molecular weight excluding hydrogens is 154 g/mol. The second-order valence-electron chi connectivity index (χ2n) is 2.19. The molecule has 3 nitrogen and oxygen atoms in total. The molecule has 0 aliphatic rings. The number of hydrogen-bond acceptors (Lipinski definition) is 2. The highest BCUT2D eigenvalue weighted by Gasteiger charge is 1.98. The number of benzene rings is 1. The number of nitrogens with one attached hydrogen (secondary N) is 1. The highest BCUT2D eigenvalue weighted by atomic mass is 16.5. The van der Waals surface area contributed by atoms with Gasteiger partial charge in [0.15, 0.2) is 0 Å². The van der Waals surface area contributed by atoms with Gasteiger partial charge in [0.1, 0.15) is 5.75 Å². The number of anilines is 1. The van der Waals surface area contributed by atoms with Crippen LogP contribution >= 0.6 is 0 Å². The van der Waals surface area contributed by atoms with E-state index in [4.69, 9.17) is 4.74 Å². The third kappa shape index (κ3) is 1.99. The van der Waals surface area contributed by atoms with Gasteiger partial charge in [-0.2, -0.15) is 0 Å². The van der Waals surface area contributed by atoms with Crippen molar-refractivity contribution in [2.45, 2.75) is 6.92 Å². The van der Waals surface area contributed by atoms with Crippen molar-refractivity contribution in [2.75, 3.05) is 11.9 Å². The summed E-state index contributed by atoms with van der Waals surface area (Å²) in [6.45, 7) is 2.50. The van der Waals surface area contributed by atoms with Crippen molar-refractivity contribution in [2.24, 2.45) is 0 Å². The van der Waals surface area contributed by atoms with Crippen LogP contribution in [0.4, 0.5) is 5.69 Å². The fraction of sp³-hybridized carbons (Fsp3) is 0.222. The minimum atomic E-state index is 0.595. The van der Waals surface area contributed by atoms with E-state index in [2.05, 4.69) is 5.32 Å². The third-order valence-electron chi connectivity index (χ3n) is 1.40. The Morgan fingerprint density at radius 1 is 1.50 bits per heavy atom. The van der Waals surface area contributed by atoms with E-state index in [1.54, 1.807) is 6.07 Å². The van der Waals surface area contributed by atoms with E-state index in [0.717, 1.165) is 0 Å². The van der Waals surface area contributed by atoms with Crippen LogP contribution in [0.5, 0.6) is 5.75 Å². The van der Waals surface area contributed by atoms with Crippen molar-refractivity contribution in [3.63, 3.8) is 0 Å². The summed E-state index contributed by atoms with van der Waals surface area (Å²) in [5.41, 5.74) is 0.703. The van der Waals surface area contributed by atoms with E-state index in [-0.39, 0.29) is 0 Å². The summed E-state index contributed by atoms with van der Waals surface area (Å²) in [5, 5.41) is 2.56. The minimum Gasteiger partial charge on any atom is -0.492 e. The molecule has 0 aliphatic carbocycles. The van der Waals surface area contributed by atoms with E-state index >= 15 is 0 Å². The molecule has 0 saturated carbocycles. The summed E-state index contributed by atoms with van der Waals surface area (Å²) >= 11 is 0. The van der Waals surface area contributed by atoms with Crippen molar-refractivity contribution < 1.29 is 9.53 Å². The molecule has 0 unspecified atom stereocenters. The molecule has 64 valence electrons. The highest BCUT2D eigenvalue weighted by molar-refractivity contribution is 5.75. The SMILES string of the molecule is CCOc1ccccc1NC=O. The van der Waals surface area contributed by atoms with Gasteiger partial charge in [-0.15, -0.1) is 0 Å². The molecule has 0 fully saturated rings. The lowest BCUT2D eigenvalue weighted by atomic mass is 10.3. The Hall–Kier alpha value is -1.51. The van der Waals surface area contributed by atoms with Crippen molar-refractivity contribution in [1.82, 2.24) is 0 Å². The van der Waals surface area contributed by atoms with Gasteiger partial charge in [0.05, 0.1) is 12.3 Å². The second-order valence-corrected chi connectivity index (χ2v) is 2.19. The second kappa shape index (κ2) is 4.38. The van der Waals surface area contributed by atoms with Crippen LogP contribution in [0.2, 0.25) is 0 Å². The topological polar surface area (TPSA) is 38.3 Å². The van der Waals surface area contributed by atoms with Crippen LogP contribution in [0.15, 0.2) is 24.3 Å². The molecule has 0 aromatic heterocycles. The summed E-state index contributed by atoms with van der Waals surface area (Å²) in [4.78, 5) is 10.2. The van der Waals surface area contributed by atoms with Crippen LogP contribution < -0.4 is 10.1 Å². The van der Waals surface area contributed by atoms with Gasteiger partial charge in [-0.05, 0) is 19.1 Å². The van der Waals surface area contributed by atoms with Crippen molar-refractivity contribution in [3.8, 4) is 5.75 Å². The van der Waals surface area contributed by atoms with Gasteiger partial charge < -0.3 is 10.1 Å². The molecule has 0 radical (unpaired) electrons. The van der Waals surface area contributed by atoms with Crippen molar-refractivity contribution >= 4 is 12.1 Å². The number of hydrogen-bond donors (Lipinski definition) is 1. The van der Waals surface area contributed by atoms with Crippen LogP contribution in [-0.4, -0.2) is 13.0 Å². The molecule has 1 rings (SSSR count). The number of carbonyl (C=O) groups excluding carboxylic acids is 1. The number of ether oxygens (including phenoxy) is 1. The van der Waals surface area contributed by atoms with Gasteiger partial charge in [0.25, 0.3) is 0 Å². The highest BCUT2D eigenvalue weighted by Crippen LogP contribution is 2.22. The van der Waals surface area contributed by atoms with Gasteiger partial charge in [-0.25, -0.2) is 0 Å². The van der Waals surface area contributed by atoms with Gasteiger partial charge in [0, 0.05) is 0 Å². The molecular formula is C9H11NO2. The lowest BCUT2D eigenvalue weighted by Gasteiger charge is -2.07. The maximum atomic E-state index is 10.2. The van der Waals surface area contributed by atoms with E-state index in [1.165, 1.54) is 0 Å². The first-order chi connectivity index (χ1) is 5.88. The van der Waals surface area contributed by atoms with Crippen molar-refractivity contribution in [3.05, 3.63) is 24.3 Å². The predicted molar refractivity (Wildman–Crippen MR) is 47.3 cm³/mol. The first-order valence-electron chi connectivity index (χ1n) is 3.80. The molecule has 1 aromatic carbocycles. The molecule has 0 aliphatic heterocycles. The molecule has 1 aromatic rings. The summed E-state index contributed by atoms with van der Waals surface area (Å²) in [6.07, 6.45) is 0.637. The fourth-order valence-corrected chi connectivity index (χ4v) is 0.931. The Morgan fingerprint density at radius 2 is 2.25 bits per heavy atom. The minimum absolute atomic E-state index is 0.595. The summed E-state index contributed by atoms with van der Waals surface area (Å²) in [5.74, 6) is 0.701. The Balaban J connectivity index is 2.83. The Labute approximate surface area is 71.4 Å². The molecule has 0 saturated heterocycles. The maximum Gasteiger partial charge on any atom is 0.211 e. The molecule has 12 heavy (non-hydrogen) atoms. The van der Waals surface area contributed by atoms with E-state index < -0.39 is 0 Å². The quantitative estimate of drug-likeness (QED) is 0.689. The van der Waals surface area contributed by atoms with Crippen LogP contribution in [0.3, 0.4) is 0 Å². The number of carbonyl (C=O) groups is 1. The van der Waals surface area contributed by atoms with Crippen LogP contribution in [-0.2, 0) is 4.79 Å². The standard InChI is InChI=1S/C9H11NO2/c1-2-12-9-6-4-3-5-8(9)10-7-11/h3-7H,2H2,1H3,(H,10,11). The van der Waals surface area contributed by atoms with Gasteiger partial charge in [0.2, 0.25) is 6.41 Å². The van der Waals surface area contributed by atoms with Crippen molar-refractivity contribution in [1.29, 1.82) is 0 Å². The lowest BCUT2D eigenvalue weighted by Crippen LogP contribution is -1.99. The number of para-hydroxylation sites is 2. The van der Waals surface area contributed by atoms with E-state index in [1.807, 2.05) is 25.1 Å². The average Bonchev–Trinajstić information content (AvgIpc) is 2.09. The van der Waals surface area contributed by atoms with Crippen LogP contribution in [0.25, 0.3) is 0 Å². The molecule has 0 bridgehead atoms. The maximum absolute atomic E-state index is 10.2. The zero-order valence-corrected chi connectivity index (χ0v) is 6.91. The summed E-state index contributed by atoms with van der Waals surface area (Å²) < 4.78 is 5.27. The Kier molecular flexibility index (Phi) is 3.14. The smallest absolute Gasteiger partial charge is 0.211 e. The summed E-state index contributed by atoms with van der Waals surface area (Å²) in [6, 6.07) is 7.31. The monoisotopic (exact) mass is 165 g/mol. The average molecular weight is 165 g/mol. The number of rotatable bonds is 4. The normalized spacial score (nSPS) is 9.08. The molecule has 0 heterocycles. The molecule has 1 amide bonds. The molecule has 1 N–H and O–H groups in total. The fourth-order valence-electron chi connectivity index (χ4n) is 0.931. The van der Waals surface area contributed by atoms with Gasteiger partial charge in [-0.3, -0.25) is 4.79 Å². The lowest BCUT2D eigenvalue weighted by molar-refractivity contribution is -0.105.